The van der Waals surface area contributed by atoms with E-state index in [0.29, 0.717) is 0 Å². The average Bonchev–Trinajstić information content (AvgIpc) is 1.63. The van der Waals surface area contributed by atoms with E-state index >= 15 is 0 Å². The van der Waals surface area contributed by atoms with Gasteiger partial charge in [0.25, 0.3) is 0 Å². The van der Waals surface area contributed by atoms with E-state index in [0.717, 1.165) is 5.94 Å². The van der Waals surface area contributed by atoms with Crippen LogP contribution < -0.4 is 0 Å². The highest BCUT2D eigenvalue weighted by atomic mass is 32.2. The maximum atomic E-state index is 4.92. The van der Waals surface area contributed by atoms with Crippen LogP contribution in [0.3, 0.4) is 0 Å². The van der Waals surface area contributed by atoms with Gasteiger partial charge in [0, 0.05) is 7.11 Å². The minimum absolute atomic E-state index is 0.811. The van der Waals surface area contributed by atoms with Crippen LogP contribution >= 0.6 is 11.8 Å². The molecule has 0 N–H and O–H groups in total. The first-order valence-corrected chi connectivity index (χ1v) is 7.99. The number of ether oxygens (including phenoxy) is 1. The summed E-state index contributed by atoms with van der Waals surface area (Å²) in [6.45, 7) is 7.11. The zero-order chi connectivity index (χ0) is 7.33. The summed E-state index contributed by atoms with van der Waals surface area (Å²) in [7, 11) is 0.936. The van der Waals surface area contributed by atoms with Crippen molar-refractivity contribution < 1.29 is 4.74 Å². The van der Waals surface area contributed by atoms with Gasteiger partial charge in [-0.05, 0) is 5.38 Å². The van der Waals surface area contributed by atoms with Gasteiger partial charge in [0.15, 0.2) is 0 Å². The molecule has 0 heterocycles. The summed E-state index contributed by atoms with van der Waals surface area (Å²) in [5.41, 5.74) is 0. The Kier molecular flexibility index (Phi) is 4.61. The Hall–Kier alpha value is 0.527. The molecule has 0 fully saturated rings. The summed E-state index contributed by atoms with van der Waals surface area (Å²) < 4.78 is 4.92. The second kappa shape index (κ2) is 4.36. The number of methoxy groups -OCH3 is 1. The van der Waals surface area contributed by atoms with Crippen molar-refractivity contribution in [2.24, 2.45) is 0 Å². The molecule has 0 amide bonds. The van der Waals surface area contributed by atoms with Crippen LogP contribution in [0.5, 0.6) is 0 Å². The molecule has 1 nitrogen and oxygen atoms in total. The van der Waals surface area contributed by atoms with Gasteiger partial charge in [0.2, 0.25) is 0 Å². The van der Waals surface area contributed by atoms with Crippen molar-refractivity contribution in [1.29, 1.82) is 0 Å². The Balaban J connectivity index is 3.07. The normalized spacial score (nSPS) is 12.0. The third-order valence-corrected chi connectivity index (χ3v) is 5.42. The van der Waals surface area contributed by atoms with Crippen LogP contribution in [0.25, 0.3) is 0 Å². The molecule has 0 saturated heterocycles. The molecule has 0 aromatic carbocycles. The Morgan fingerprint density at radius 2 is 1.89 bits per heavy atom. The number of rotatable bonds is 4. The molecule has 56 valence electrons. The molecule has 0 aromatic rings. The van der Waals surface area contributed by atoms with Crippen molar-refractivity contribution in [3.05, 3.63) is 0 Å². The van der Waals surface area contributed by atoms with E-state index in [1.54, 1.807) is 7.11 Å². The fourth-order valence-electron chi connectivity index (χ4n) is 0.431. The van der Waals surface area contributed by atoms with Crippen LogP contribution in [0.15, 0.2) is 0 Å². The van der Waals surface area contributed by atoms with Gasteiger partial charge in [0.05, 0.1) is 14.0 Å². The zero-order valence-corrected chi connectivity index (χ0v) is 8.55. The Bertz CT molecular complexity index is 69.9. The van der Waals surface area contributed by atoms with Crippen LogP contribution in [0, 0.1) is 0 Å². The van der Waals surface area contributed by atoms with E-state index in [-0.39, 0.29) is 0 Å². The van der Waals surface area contributed by atoms with Gasteiger partial charge in [-0.15, -0.1) is 11.8 Å². The van der Waals surface area contributed by atoms with Gasteiger partial charge in [-0.2, -0.15) is 0 Å². The quantitative estimate of drug-likeness (QED) is 0.358. The highest BCUT2D eigenvalue weighted by Crippen LogP contribution is 2.10. The zero-order valence-electron chi connectivity index (χ0n) is 6.73. The largest absolute Gasteiger partial charge is 0.374 e. The summed E-state index contributed by atoms with van der Waals surface area (Å²) >= 11 is 1.90. The van der Waals surface area contributed by atoms with E-state index in [4.69, 9.17) is 4.74 Å². The summed E-state index contributed by atoms with van der Waals surface area (Å²) in [6.07, 6.45) is 0. The van der Waals surface area contributed by atoms with Crippen LogP contribution in [0.2, 0.25) is 19.6 Å². The number of thioether (sulfide) groups is 1. The Morgan fingerprint density at radius 3 is 2.22 bits per heavy atom. The van der Waals surface area contributed by atoms with E-state index in [1.807, 2.05) is 11.8 Å². The first kappa shape index (κ1) is 9.53. The predicted octanol–water partition coefficient (Wildman–Crippen LogP) is 2.20. The van der Waals surface area contributed by atoms with E-state index in [1.165, 1.54) is 5.38 Å². The fourth-order valence-corrected chi connectivity index (χ4v) is 3.38. The lowest BCUT2D eigenvalue weighted by atomic mass is 11.5. The van der Waals surface area contributed by atoms with Crippen molar-refractivity contribution in [2.45, 2.75) is 19.6 Å². The third-order valence-electron chi connectivity index (χ3n) is 0.736. The van der Waals surface area contributed by atoms with Crippen molar-refractivity contribution in [1.82, 2.24) is 0 Å². The summed E-state index contributed by atoms with van der Waals surface area (Å²) in [4.78, 5) is 0. The molecule has 0 saturated carbocycles. The molecule has 0 aliphatic carbocycles. The second-order valence-electron chi connectivity index (χ2n) is 3.32. The molecule has 0 aromatic heterocycles. The predicted molar refractivity (Wildman–Crippen MR) is 47.7 cm³/mol. The van der Waals surface area contributed by atoms with Gasteiger partial charge in [-0.1, -0.05) is 19.6 Å². The maximum absolute atomic E-state index is 4.92. The molecule has 0 aliphatic rings. The van der Waals surface area contributed by atoms with Crippen molar-refractivity contribution in [3.63, 3.8) is 0 Å². The van der Waals surface area contributed by atoms with Crippen LogP contribution in [-0.2, 0) is 4.74 Å². The van der Waals surface area contributed by atoms with Gasteiger partial charge >= 0.3 is 0 Å². The average molecular weight is 164 g/mol. The van der Waals surface area contributed by atoms with Gasteiger partial charge in [-0.3, -0.25) is 0 Å². The van der Waals surface area contributed by atoms with E-state index in [9.17, 15) is 0 Å². The van der Waals surface area contributed by atoms with Crippen LogP contribution in [0.4, 0.5) is 0 Å². The smallest absolute Gasteiger partial charge is 0.0914 e. The SMILES string of the molecule is COCSC[Si](C)(C)C. The van der Waals surface area contributed by atoms with Crippen molar-refractivity contribution in [2.75, 3.05) is 18.4 Å². The number of hydrogen-bond donors (Lipinski definition) is 0. The minimum atomic E-state index is -0.811. The lowest BCUT2D eigenvalue weighted by Crippen LogP contribution is -2.24. The molecule has 0 spiro atoms. The van der Waals surface area contributed by atoms with Gasteiger partial charge in [-0.25, -0.2) is 0 Å². The Morgan fingerprint density at radius 1 is 1.33 bits per heavy atom. The van der Waals surface area contributed by atoms with Gasteiger partial charge < -0.3 is 4.74 Å². The monoisotopic (exact) mass is 164 g/mol. The van der Waals surface area contributed by atoms with Crippen LogP contribution in [0.1, 0.15) is 0 Å². The van der Waals surface area contributed by atoms with E-state index in [2.05, 4.69) is 19.6 Å². The molecule has 0 atom stereocenters. The molecular weight excluding hydrogens is 148 g/mol. The molecule has 0 unspecified atom stereocenters. The summed E-state index contributed by atoms with van der Waals surface area (Å²) in [5.74, 6) is 0.851. The van der Waals surface area contributed by atoms with Crippen LogP contribution in [-0.4, -0.2) is 26.5 Å². The highest BCUT2D eigenvalue weighted by Gasteiger charge is 2.11. The second-order valence-corrected chi connectivity index (χ2v) is 10.2. The third kappa shape index (κ3) is 8.53. The van der Waals surface area contributed by atoms with Crippen molar-refractivity contribution in [3.8, 4) is 0 Å². The van der Waals surface area contributed by atoms with E-state index < -0.39 is 8.07 Å². The molecule has 3 heteroatoms. The Labute approximate surface area is 63.2 Å². The standard InChI is InChI=1S/C6H16OSSi/c1-7-5-8-6-9(2,3)4/h5-6H2,1-4H3. The summed E-state index contributed by atoms with van der Waals surface area (Å²) in [6, 6.07) is 0. The lowest BCUT2D eigenvalue weighted by molar-refractivity contribution is 0.259. The number of hydrogen-bond acceptors (Lipinski definition) is 2. The van der Waals surface area contributed by atoms with Gasteiger partial charge in [0.1, 0.15) is 0 Å². The molecule has 9 heavy (non-hydrogen) atoms. The molecular formula is C6H16OSSi. The molecule has 0 bridgehead atoms. The summed E-state index contributed by atoms with van der Waals surface area (Å²) in [5, 5.41) is 1.31. The first-order chi connectivity index (χ1) is 4.06. The highest BCUT2D eigenvalue weighted by molar-refractivity contribution is 8.00. The first-order valence-electron chi connectivity index (χ1n) is 3.13. The minimum Gasteiger partial charge on any atom is -0.374 e. The fraction of sp³-hybridized carbons (Fsp3) is 1.00. The topological polar surface area (TPSA) is 9.23 Å². The maximum Gasteiger partial charge on any atom is 0.0914 e. The molecule has 0 rings (SSSR count). The van der Waals surface area contributed by atoms with Crippen molar-refractivity contribution >= 4 is 19.8 Å². The lowest BCUT2D eigenvalue weighted by Gasteiger charge is -2.13. The molecule has 0 radical (unpaired) electrons. The molecule has 0 aliphatic heterocycles.